The highest BCUT2D eigenvalue weighted by atomic mass is 31.2. The van der Waals surface area contributed by atoms with Crippen LogP contribution in [0.1, 0.15) is 91.4 Å². The smallest absolute Gasteiger partial charge is 0.394 e. The number of carbonyl (C=O) groups excluding carboxylic acids is 7. The van der Waals surface area contributed by atoms with Crippen LogP contribution in [0.25, 0.3) is 0 Å². The van der Waals surface area contributed by atoms with E-state index in [1.165, 1.54) is 40.4 Å². The number of phosphoric acid groups is 1. The van der Waals surface area contributed by atoms with Gasteiger partial charge >= 0.3 is 7.82 Å². The van der Waals surface area contributed by atoms with E-state index in [2.05, 4.69) is 20.5 Å². The first-order valence-electron chi connectivity index (χ1n) is 29.0. The van der Waals surface area contributed by atoms with E-state index in [-0.39, 0.29) is 122 Å². The number of nitrogens with zero attached hydrogens (tertiary/aromatic N) is 4. The number of rotatable bonds is 30. The molecule has 4 aliphatic rings. The quantitative estimate of drug-likeness (QED) is 0.0235. The first-order chi connectivity index (χ1) is 40.9. The van der Waals surface area contributed by atoms with Crippen LogP contribution in [0.2, 0.25) is 0 Å². The Morgan fingerprint density at radius 2 is 0.709 bits per heavy atom. The molecule has 0 aromatic carbocycles. The van der Waals surface area contributed by atoms with Crippen molar-refractivity contribution in [2.45, 2.75) is 183 Å². The van der Waals surface area contributed by atoms with Gasteiger partial charge in [-0.3, -0.25) is 42.6 Å². The molecule has 4 heterocycles. The minimum Gasteiger partial charge on any atom is -0.394 e. The molecule has 0 bridgehead atoms. The highest BCUT2D eigenvalue weighted by Gasteiger charge is 2.48. The second-order valence-electron chi connectivity index (χ2n) is 21.4. The Balaban J connectivity index is 1.47. The average Bonchev–Trinajstić information content (AvgIpc) is 3.20. The zero-order chi connectivity index (χ0) is 63.7. The fourth-order valence-electron chi connectivity index (χ4n) is 10.1. The van der Waals surface area contributed by atoms with Crippen molar-refractivity contribution >= 4 is 49.2 Å². The molecule has 0 aromatic heterocycles. The van der Waals surface area contributed by atoms with Crippen molar-refractivity contribution in [2.24, 2.45) is 0 Å². The molecule has 496 valence electrons. The minimum absolute atomic E-state index is 0.00332. The number of ether oxygens (including phenoxy) is 6. The van der Waals surface area contributed by atoms with Gasteiger partial charge in [0.2, 0.25) is 41.4 Å². The molecule has 34 heteroatoms. The number of nitrogens with one attached hydrogen (secondary N) is 3. The number of hydrogen-bond acceptors (Lipinski definition) is 25. The van der Waals surface area contributed by atoms with Crippen LogP contribution < -0.4 is 16.0 Å². The number of hydrogen-bond donors (Lipinski definition) is 13. The number of phosphoric ester groups is 1. The Morgan fingerprint density at radius 3 is 0.977 bits per heavy atom. The van der Waals surface area contributed by atoms with Gasteiger partial charge in [-0.25, -0.2) is 4.57 Å². The second-order valence-corrected chi connectivity index (χ2v) is 23.0. The average molecular weight is 1260 g/mol. The van der Waals surface area contributed by atoms with Gasteiger partial charge < -0.3 is 115 Å². The lowest BCUT2D eigenvalue weighted by molar-refractivity contribution is -0.270. The van der Waals surface area contributed by atoms with E-state index in [0.717, 1.165) is 7.11 Å². The zero-order valence-corrected chi connectivity index (χ0v) is 50.2. The number of amides is 7. The Bertz CT molecular complexity index is 2180. The molecule has 86 heavy (non-hydrogen) atoms. The highest BCUT2D eigenvalue weighted by molar-refractivity contribution is 7.47. The summed E-state index contributed by atoms with van der Waals surface area (Å²) in [6, 6.07) is -3.47. The summed E-state index contributed by atoms with van der Waals surface area (Å²) in [5.41, 5.74) is 0. The van der Waals surface area contributed by atoms with Crippen LogP contribution in [-0.2, 0) is 75.6 Å². The molecule has 0 aliphatic carbocycles. The molecular weight excluding hydrogens is 1170 g/mol. The van der Waals surface area contributed by atoms with Crippen molar-refractivity contribution in [3.05, 3.63) is 0 Å². The summed E-state index contributed by atoms with van der Waals surface area (Å²) >= 11 is 0. The summed E-state index contributed by atoms with van der Waals surface area (Å²) in [4.78, 5) is 107. The SMILES string of the molecule is COP(=O)(O)OCC(=O)N1CCN(C(=O)CCCCCOC2OC(CO)C(O)C(O)C2NC(C)=O)CCN(C(=O)CCCCCOC2OC(CO)C(O)C(O)C2NC(C)=O)CCN(C(=O)CCCCOC2OC(CO)C(O)C(O)C2NC(C)=O)CC1. The lowest BCUT2D eigenvalue weighted by Crippen LogP contribution is -2.64. The predicted octanol–water partition coefficient (Wildman–Crippen LogP) is -5.75. The van der Waals surface area contributed by atoms with Crippen LogP contribution in [0.3, 0.4) is 0 Å². The Morgan fingerprint density at radius 1 is 0.442 bits per heavy atom. The third kappa shape index (κ3) is 23.6. The zero-order valence-electron chi connectivity index (χ0n) is 49.3. The lowest BCUT2D eigenvalue weighted by atomic mass is 9.97. The predicted molar refractivity (Wildman–Crippen MR) is 294 cm³/mol. The molecule has 0 saturated carbocycles. The van der Waals surface area contributed by atoms with Crippen LogP contribution in [0.5, 0.6) is 0 Å². The molecule has 7 amide bonds. The Labute approximate surface area is 499 Å². The highest BCUT2D eigenvalue weighted by Crippen LogP contribution is 2.41. The molecule has 4 aliphatic heterocycles. The maximum atomic E-state index is 14.2. The van der Waals surface area contributed by atoms with E-state index in [9.17, 15) is 89.0 Å². The number of carbonyl (C=O) groups is 7. The third-order valence-electron chi connectivity index (χ3n) is 15.0. The molecule has 4 saturated heterocycles. The molecule has 16 unspecified atom stereocenters. The van der Waals surface area contributed by atoms with E-state index >= 15 is 0 Å². The minimum atomic E-state index is -4.62. The fraction of sp³-hybridized carbons (Fsp3) is 0.865. The van der Waals surface area contributed by atoms with Crippen LogP contribution in [0.15, 0.2) is 0 Å². The molecule has 16 atom stereocenters. The van der Waals surface area contributed by atoms with Gasteiger partial charge in [0.05, 0.1) is 19.8 Å². The molecule has 0 spiro atoms. The Hall–Kier alpha value is -4.20. The maximum Gasteiger partial charge on any atom is 0.472 e. The number of aliphatic hydroxyl groups is 9. The van der Waals surface area contributed by atoms with E-state index < -0.39 is 150 Å². The van der Waals surface area contributed by atoms with Crippen molar-refractivity contribution in [3.63, 3.8) is 0 Å². The van der Waals surface area contributed by atoms with Crippen LogP contribution >= 0.6 is 7.82 Å². The molecule has 13 N–H and O–H groups in total. The van der Waals surface area contributed by atoms with E-state index in [0.29, 0.717) is 38.5 Å². The van der Waals surface area contributed by atoms with Crippen molar-refractivity contribution in [2.75, 3.05) is 106 Å². The summed E-state index contributed by atoms with van der Waals surface area (Å²) in [6.07, 6.45) is -13.5. The largest absolute Gasteiger partial charge is 0.472 e. The molecule has 33 nitrogen and oxygen atoms in total. The van der Waals surface area contributed by atoms with Crippen molar-refractivity contribution < 1.29 is 126 Å². The van der Waals surface area contributed by atoms with Gasteiger partial charge in [-0.2, -0.15) is 0 Å². The second kappa shape index (κ2) is 37.7. The van der Waals surface area contributed by atoms with Crippen LogP contribution in [-0.4, -0.2) is 309 Å². The first kappa shape index (κ1) is 74.3. The van der Waals surface area contributed by atoms with Gasteiger partial charge in [0.1, 0.15) is 79.7 Å². The summed E-state index contributed by atoms with van der Waals surface area (Å²) < 4.78 is 55.9. The number of unbranched alkanes of at least 4 members (excludes halogenated alkanes) is 5. The summed E-state index contributed by atoms with van der Waals surface area (Å²) in [6.45, 7) is 0.272. The van der Waals surface area contributed by atoms with Crippen LogP contribution in [0, 0.1) is 0 Å². The van der Waals surface area contributed by atoms with Gasteiger partial charge in [0.25, 0.3) is 0 Å². The van der Waals surface area contributed by atoms with E-state index in [4.69, 9.17) is 32.9 Å². The topological polar surface area (TPSA) is 462 Å². The van der Waals surface area contributed by atoms with E-state index in [1.54, 1.807) is 0 Å². The van der Waals surface area contributed by atoms with Crippen molar-refractivity contribution in [1.82, 2.24) is 35.6 Å². The summed E-state index contributed by atoms with van der Waals surface area (Å²) in [7, 11) is -3.71. The van der Waals surface area contributed by atoms with Gasteiger partial charge in [0, 0.05) is 119 Å². The Kier molecular flexibility index (Phi) is 32.6. The molecule has 0 aromatic rings. The molecular formula is C52H92N7O26P. The van der Waals surface area contributed by atoms with Crippen molar-refractivity contribution in [1.29, 1.82) is 0 Å². The fourth-order valence-corrected chi connectivity index (χ4v) is 10.5. The monoisotopic (exact) mass is 1260 g/mol. The summed E-state index contributed by atoms with van der Waals surface area (Å²) in [5, 5.41) is 99.5. The standard InChI is InChI=1S/C52H92N7O26P/c1-31(63)53-41-47(73)44(70)34(27-60)83-50(41)79-24-10-5-7-13-37(66)56-16-18-57(38(67)14-8-6-11-25-80-51-42(54-32(2)64)48(74)45(71)35(28-61)84-51)20-22-59(40(69)30-82-86(76,77)78-4)23-21-58(19-17-56)39(68)15-9-12-26-81-52-43(55-33(3)65)49(75)46(72)36(29-62)85-52/h34-36,41-52,60-62,70-75H,5-30H2,1-4H3,(H,53,63)(H,54,64)(H,55,65)(H,76,77). The van der Waals surface area contributed by atoms with Crippen molar-refractivity contribution in [3.8, 4) is 0 Å². The maximum absolute atomic E-state index is 14.2. The van der Waals surface area contributed by atoms with Gasteiger partial charge in [-0.15, -0.1) is 0 Å². The summed E-state index contributed by atoms with van der Waals surface area (Å²) in [5.74, 6) is -3.40. The van der Waals surface area contributed by atoms with Gasteiger partial charge in [-0.1, -0.05) is 12.8 Å². The lowest BCUT2D eigenvalue weighted by Gasteiger charge is -2.42. The molecule has 4 rings (SSSR count). The molecule has 4 fully saturated rings. The third-order valence-corrected chi connectivity index (χ3v) is 15.9. The van der Waals surface area contributed by atoms with E-state index in [1.807, 2.05) is 0 Å². The normalized spacial score (nSPS) is 30.3. The first-order valence-corrected chi connectivity index (χ1v) is 30.5. The van der Waals surface area contributed by atoms with Crippen LogP contribution in [0.4, 0.5) is 0 Å². The van der Waals surface area contributed by atoms with Gasteiger partial charge in [-0.05, 0) is 38.5 Å². The molecule has 0 radical (unpaired) electrons. The number of aliphatic hydroxyl groups excluding tert-OH is 9. The van der Waals surface area contributed by atoms with Gasteiger partial charge in [0.15, 0.2) is 18.9 Å².